The van der Waals surface area contributed by atoms with E-state index in [1.807, 2.05) is 0 Å². The first-order chi connectivity index (χ1) is 11.9. The van der Waals surface area contributed by atoms with E-state index in [1.165, 1.54) is 36.4 Å². The molecule has 0 unspecified atom stereocenters. The average molecular weight is 381 g/mol. The molecule has 1 saturated heterocycles. The van der Waals surface area contributed by atoms with E-state index in [0.717, 1.165) is 4.90 Å². The molecule has 0 spiro atoms. The largest absolute Gasteiger partial charge is 0.506 e. The van der Waals surface area contributed by atoms with Gasteiger partial charge in [-0.25, -0.2) is 9.18 Å². The maximum atomic E-state index is 13.7. The summed E-state index contributed by atoms with van der Waals surface area (Å²) in [5.74, 6) is -1.43. The highest BCUT2D eigenvalue weighted by Gasteiger charge is 2.34. The van der Waals surface area contributed by atoms with Gasteiger partial charge in [-0.1, -0.05) is 41.4 Å². The Hall–Kier alpha value is -2.57. The van der Waals surface area contributed by atoms with E-state index in [2.05, 4.69) is 5.32 Å². The summed E-state index contributed by atoms with van der Waals surface area (Å²) in [5, 5.41) is 12.6. The second kappa shape index (κ2) is 6.74. The molecule has 0 aromatic heterocycles. The number of rotatable bonds is 3. The van der Waals surface area contributed by atoms with Crippen molar-refractivity contribution in [3.63, 3.8) is 0 Å². The van der Waals surface area contributed by atoms with Crippen LogP contribution in [0.2, 0.25) is 10.0 Å². The summed E-state index contributed by atoms with van der Waals surface area (Å²) < 4.78 is 13.7. The molecule has 8 heteroatoms. The third-order valence-corrected chi connectivity index (χ3v) is 4.11. The Bertz CT molecular complexity index is 915. The van der Waals surface area contributed by atoms with Gasteiger partial charge in [0, 0.05) is 16.1 Å². The normalized spacial score (nSPS) is 15.8. The van der Waals surface area contributed by atoms with Gasteiger partial charge in [-0.15, -0.1) is 0 Å². The first-order valence-electron chi connectivity index (χ1n) is 7.13. The van der Waals surface area contributed by atoms with E-state index in [9.17, 15) is 19.1 Å². The van der Waals surface area contributed by atoms with Gasteiger partial charge in [0.1, 0.15) is 17.3 Å². The van der Waals surface area contributed by atoms with Crippen LogP contribution in [-0.2, 0) is 11.3 Å². The molecule has 2 aromatic carbocycles. The number of aromatic hydroxyl groups is 1. The van der Waals surface area contributed by atoms with Crippen molar-refractivity contribution in [1.82, 2.24) is 10.2 Å². The molecule has 1 heterocycles. The quantitative estimate of drug-likeness (QED) is 0.625. The van der Waals surface area contributed by atoms with Crippen molar-refractivity contribution in [2.45, 2.75) is 6.54 Å². The Morgan fingerprint density at radius 2 is 1.92 bits per heavy atom. The fourth-order valence-corrected chi connectivity index (χ4v) is 2.87. The van der Waals surface area contributed by atoms with Crippen molar-refractivity contribution in [1.29, 1.82) is 0 Å². The monoisotopic (exact) mass is 380 g/mol. The lowest BCUT2D eigenvalue weighted by atomic mass is 10.1. The number of phenolic OH excluding ortho intramolecular Hbond substituents is 1. The highest BCUT2D eigenvalue weighted by molar-refractivity contribution is 6.36. The smallest absolute Gasteiger partial charge is 0.329 e. The van der Waals surface area contributed by atoms with Crippen LogP contribution >= 0.6 is 23.2 Å². The molecule has 2 N–H and O–H groups in total. The summed E-state index contributed by atoms with van der Waals surface area (Å²) in [6.45, 7) is -0.211. The number of halogens is 3. The number of hydrogen-bond acceptors (Lipinski definition) is 3. The van der Waals surface area contributed by atoms with E-state index in [1.54, 1.807) is 6.07 Å². The lowest BCUT2D eigenvalue weighted by Crippen LogP contribution is -2.30. The van der Waals surface area contributed by atoms with Gasteiger partial charge in [0.05, 0.1) is 11.6 Å². The van der Waals surface area contributed by atoms with Crippen LogP contribution in [0.15, 0.2) is 42.1 Å². The zero-order valence-electron chi connectivity index (χ0n) is 12.6. The minimum absolute atomic E-state index is 0.0133. The summed E-state index contributed by atoms with van der Waals surface area (Å²) in [5.41, 5.74) is 0.310. The highest BCUT2D eigenvalue weighted by Crippen LogP contribution is 2.33. The van der Waals surface area contributed by atoms with Crippen molar-refractivity contribution >= 4 is 41.2 Å². The van der Waals surface area contributed by atoms with Crippen molar-refractivity contribution in [2.75, 3.05) is 0 Å². The van der Waals surface area contributed by atoms with Crippen LogP contribution in [0.25, 0.3) is 6.08 Å². The van der Waals surface area contributed by atoms with Gasteiger partial charge in [0.15, 0.2) is 0 Å². The predicted octanol–water partition coefficient (Wildman–Crippen LogP) is 3.93. The molecule has 1 aliphatic heterocycles. The van der Waals surface area contributed by atoms with Crippen LogP contribution < -0.4 is 5.32 Å². The standard InChI is InChI=1S/C17H11Cl2FN2O3/c18-11-5-10(15(23)12(19)7-11)6-14-16(24)22(17(25)21-14)8-9-3-1-2-4-13(9)20/h1-7,23H,8H2,(H,21,25)/b14-6+. The third-order valence-electron chi connectivity index (χ3n) is 3.61. The van der Waals surface area contributed by atoms with Gasteiger partial charge in [-0.3, -0.25) is 9.69 Å². The number of imide groups is 1. The topological polar surface area (TPSA) is 69.6 Å². The number of carbonyl (C=O) groups excluding carboxylic acids is 2. The van der Waals surface area contributed by atoms with Gasteiger partial charge in [0.25, 0.3) is 5.91 Å². The van der Waals surface area contributed by atoms with Gasteiger partial charge >= 0.3 is 6.03 Å². The fraction of sp³-hybridized carbons (Fsp3) is 0.0588. The summed E-state index contributed by atoms with van der Waals surface area (Å²) in [6.07, 6.45) is 1.26. The van der Waals surface area contributed by atoms with Crippen LogP contribution in [-0.4, -0.2) is 21.9 Å². The molecule has 0 radical (unpaired) electrons. The Balaban J connectivity index is 1.90. The van der Waals surface area contributed by atoms with E-state index < -0.39 is 17.8 Å². The van der Waals surface area contributed by atoms with Crippen molar-refractivity contribution in [3.05, 3.63) is 69.1 Å². The van der Waals surface area contributed by atoms with Gasteiger partial charge in [0.2, 0.25) is 0 Å². The molecule has 5 nitrogen and oxygen atoms in total. The Labute approximate surface area is 152 Å². The zero-order valence-corrected chi connectivity index (χ0v) is 14.1. The fourth-order valence-electron chi connectivity index (χ4n) is 2.36. The summed E-state index contributed by atoms with van der Waals surface area (Å²) in [4.78, 5) is 25.3. The number of benzene rings is 2. The minimum atomic E-state index is -0.688. The molecule has 1 fully saturated rings. The molecule has 0 saturated carbocycles. The van der Waals surface area contributed by atoms with Gasteiger partial charge < -0.3 is 10.4 Å². The molecule has 128 valence electrons. The molecule has 2 aromatic rings. The van der Waals surface area contributed by atoms with E-state index in [4.69, 9.17) is 23.2 Å². The Kier molecular flexibility index (Phi) is 4.65. The number of carbonyl (C=O) groups is 2. The number of amides is 3. The van der Waals surface area contributed by atoms with Crippen molar-refractivity contribution < 1.29 is 19.1 Å². The van der Waals surface area contributed by atoms with E-state index >= 15 is 0 Å². The number of urea groups is 1. The SMILES string of the molecule is O=C1N/C(=C/c2cc(Cl)cc(Cl)c2O)C(=O)N1Cc1ccccc1F. The zero-order chi connectivity index (χ0) is 18.1. The first-order valence-corrected chi connectivity index (χ1v) is 7.88. The number of nitrogens with one attached hydrogen (secondary N) is 1. The molecule has 25 heavy (non-hydrogen) atoms. The molecule has 1 aliphatic rings. The maximum absolute atomic E-state index is 13.7. The predicted molar refractivity (Wildman–Crippen MR) is 91.6 cm³/mol. The van der Waals surface area contributed by atoms with Crippen LogP contribution in [0.5, 0.6) is 5.75 Å². The van der Waals surface area contributed by atoms with Gasteiger partial charge in [-0.2, -0.15) is 0 Å². The first kappa shape index (κ1) is 17.3. The average Bonchev–Trinajstić information content (AvgIpc) is 2.81. The third kappa shape index (κ3) is 3.45. The molecule has 3 amide bonds. The Morgan fingerprint density at radius 3 is 2.64 bits per heavy atom. The van der Waals surface area contributed by atoms with Crippen molar-refractivity contribution in [2.24, 2.45) is 0 Å². The maximum Gasteiger partial charge on any atom is 0.329 e. The molecule has 3 rings (SSSR count). The van der Waals surface area contributed by atoms with Crippen LogP contribution in [0.4, 0.5) is 9.18 Å². The molecular weight excluding hydrogens is 370 g/mol. The van der Waals surface area contributed by atoms with Crippen molar-refractivity contribution in [3.8, 4) is 5.75 Å². The summed E-state index contributed by atoms with van der Waals surface area (Å²) in [6, 6.07) is 7.92. The molecule has 0 aliphatic carbocycles. The van der Waals surface area contributed by atoms with E-state index in [0.29, 0.717) is 0 Å². The second-order valence-electron chi connectivity index (χ2n) is 5.30. The van der Waals surface area contributed by atoms with Crippen LogP contribution in [0.3, 0.4) is 0 Å². The van der Waals surface area contributed by atoms with Crippen LogP contribution in [0.1, 0.15) is 11.1 Å². The molecule has 0 atom stereocenters. The minimum Gasteiger partial charge on any atom is -0.506 e. The van der Waals surface area contributed by atoms with Gasteiger partial charge in [-0.05, 0) is 24.3 Å². The van der Waals surface area contributed by atoms with Crippen LogP contribution in [0, 0.1) is 5.82 Å². The second-order valence-corrected chi connectivity index (χ2v) is 6.14. The number of hydrogen-bond donors (Lipinski definition) is 2. The molecule has 0 bridgehead atoms. The Morgan fingerprint density at radius 1 is 1.20 bits per heavy atom. The number of phenols is 1. The lowest BCUT2D eigenvalue weighted by molar-refractivity contribution is -0.123. The molecular formula is C17H11Cl2FN2O3. The lowest BCUT2D eigenvalue weighted by Gasteiger charge is -2.12. The summed E-state index contributed by atoms with van der Waals surface area (Å²) in [7, 11) is 0. The number of nitrogens with zero attached hydrogens (tertiary/aromatic N) is 1. The highest BCUT2D eigenvalue weighted by atomic mass is 35.5. The van der Waals surface area contributed by atoms with E-state index in [-0.39, 0.29) is 39.2 Å². The summed E-state index contributed by atoms with van der Waals surface area (Å²) >= 11 is 11.7.